The smallest absolute Gasteiger partial charge is 0.338 e. The summed E-state index contributed by atoms with van der Waals surface area (Å²) in [6, 6.07) is 14.8. The lowest BCUT2D eigenvalue weighted by Gasteiger charge is -2.23. The van der Waals surface area contributed by atoms with Crippen molar-refractivity contribution in [1.82, 2.24) is 4.90 Å². The van der Waals surface area contributed by atoms with Crippen molar-refractivity contribution in [3.8, 4) is 5.75 Å². The molecular weight excluding hydrogens is 366 g/mol. The van der Waals surface area contributed by atoms with Crippen LogP contribution in [-0.2, 0) is 20.9 Å². The van der Waals surface area contributed by atoms with Crippen molar-refractivity contribution < 1.29 is 19.1 Å². The van der Waals surface area contributed by atoms with E-state index in [2.05, 4.69) is 0 Å². The fraction of sp³-hybridized carbons (Fsp3) is 0.238. The average molecular weight is 386 g/mol. The summed E-state index contributed by atoms with van der Waals surface area (Å²) in [7, 11) is 1.68. The maximum atomic E-state index is 12.5. The quantitative estimate of drug-likeness (QED) is 0.736. The summed E-state index contributed by atoms with van der Waals surface area (Å²) >= 11 is 5.98. The maximum absolute atomic E-state index is 12.5. The first-order valence-corrected chi connectivity index (χ1v) is 8.94. The van der Waals surface area contributed by atoms with Crippen molar-refractivity contribution in [2.24, 2.45) is 0 Å². The van der Waals surface area contributed by atoms with Gasteiger partial charge in [-0.3, -0.25) is 4.79 Å². The third-order valence-corrected chi connectivity index (χ3v) is 4.45. The number of carbonyl (C=O) groups excluding carboxylic acids is 2. The van der Waals surface area contributed by atoms with E-state index in [-0.39, 0.29) is 12.5 Å². The fourth-order valence-electron chi connectivity index (χ4n) is 2.80. The zero-order valence-corrected chi connectivity index (χ0v) is 15.9. The molecule has 0 aliphatic carbocycles. The second-order valence-corrected chi connectivity index (χ2v) is 6.80. The molecule has 1 heterocycles. The minimum Gasteiger partial charge on any atom is -0.488 e. The third-order valence-electron chi connectivity index (χ3n) is 4.22. The van der Waals surface area contributed by atoms with Crippen LogP contribution in [0.25, 0.3) is 6.08 Å². The van der Waals surface area contributed by atoms with Gasteiger partial charge >= 0.3 is 5.97 Å². The minimum absolute atomic E-state index is 0.0915. The van der Waals surface area contributed by atoms with Crippen LogP contribution in [0.15, 0.2) is 54.1 Å². The van der Waals surface area contributed by atoms with Gasteiger partial charge in [0, 0.05) is 24.2 Å². The molecule has 1 amide bonds. The van der Waals surface area contributed by atoms with Crippen molar-refractivity contribution in [2.75, 3.05) is 13.7 Å². The van der Waals surface area contributed by atoms with Gasteiger partial charge in [0.05, 0.1) is 5.57 Å². The Bertz CT molecular complexity index is 879. The molecule has 5 nitrogen and oxygen atoms in total. The van der Waals surface area contributed by atoms with Crippen molar-refractivity contribution in [1.29, 1.82) is 0 Å². The van der Waals surface area contributed by atoms with Gasteiger partial charge < -0.3 is 14.4 Å². The highest BCUT2D eigenvalue weighted by Gasteiger charge is 2.25. The Morgan fingerprint density at radius 2 is 1.96 bits per heavy atom. The Labute approximate surface area is 163 Å². The van der Waals surface area contributed by atoms with E-state index in [9.17, 15) is 9.59 Å². The molecule has 0 spiro atoms. The molecule has 1 aliphatic heterocycles. The fourth-order valence-corrected chi connectivity index (χ4v) is 2.98. The number of likely N-dealkylation sites (N-methyl/N-ethyl adjacent to an activating group) is 1. The van der Waals surface area contributed by atoms with E-state index in [1.807, 2.05) is 30.3 Å². The molecule has 0 radical (unpaired) electrons. The summed E-state index contributed by atoms with van der Waals surface area (Å²) in [6.45, 7) is 2.10. The molecule has 0 fully saturated rings. The zero-order chi connectivity index (χ0) is 19.4. The molecule has 0 N–H and O–H groups in total. The molecule has 2 aromatic rings. The Morgan fingerprint density at radius 1 is 1.22 bits per heavy atom. The molecule has 140 valence electrons. The molecule has 2 aromatic carbocycles. The summed E-state index contributed by atoms with van der Waals surface area (Å²) < 4.78 is 10.9. The molecule has 0 aromatic heterocycles. The standard InChI is InChI=1S/C21H20ClNO4/c1-14(20(24)23(2)12-15-6-4-3-5-7-15)27-21(25)17-10-16-11-18(22)8-9-19(16)26-13-17/h3-11,14H,12-13H2,1-2H3/t14-/m0/s1. The van der Waals surface area contributed by atoms with Crippen LogP contribution < -0.4 is 4.74 Å². The normalized spacial score (nSPS) is 13.7. The van der Waals surface area contributed by atoms with Crippen molar-refractivity contribution in [3.05, 3.63) is 70.3 Å². The van der Waals surface area contributed by atoms with E-state index in [4.69, 9.17) is 21.1 Å². The predicted octanol–water partition coefficient (Wildman–Crippen LogP) is 3.71. The second-order valence-electron chi connectivity index (χ2n) is 6.37. The minimum atomic E-state index is -0.895. The topological polar surface area (TPSA) is 55.8 Å². The SMILES string of the molecule is C[C@H](OC(=O)C1=Cc2cc(Cl)ccc2OC1)C(=O)N(C)Cc1ccccc1. The van der Waals surface area contributed by atoms with E-state index in [1.54, 1.807) is 38.2 Å². The molecule has 6 heteroatoms. The number of amides is 1. The summed E-state index contributed by atoms with van der Waals surface area (Å²) in [5, 5.41) is 0.550. The van der Waals surface area contributed by atoms with Crippen molar-refractivity contribution in [2.45, 2.75) is 19.6 Å². The molecule has 27 heavy (non-hydrogen) atoms. The van der Waals surface area contributed by atoms with Gasteiger partial charge in [-0.25, -0.2) is 4.79 Å². The van der Waals surface area contributed by atoms with Crippen molar-refractivity contribution >= 4 is 29.6 Å². The number of carbonyl (C=O) groups is 2. The number of rotatable bonds is 5. The number of hydrogen-bond acceptors (Lipinski definition) is 4. The monoisotopic (exact) mass is 385 g/mol. The lowest BCUT2D eigenvalue weighted by molar-refractivity contribution is -0.155. The lowest BCUT2D eigenvalue weighted by atomic mass is 10.1. The molecule has 0 unspecified atom stereocenters. The lowest BCUT2D eigenvalue weighted by Crippen LogP contribution is -2.37. The van der Waals surface area contributed by atoms with E-state index in [0.717, 1.165) is 5.56 Å². The van der Waals surface area contributed by atoms with Gasteiger partial charge in [-0.05, 0) is 36.8 Å². The van der Waals surface area contributed by atoms with Gasteiger partial charge in [0.15, 0.2) is 6.10 Å². The molecule has 1 aliphatic rings. The summed E-state index contributed by atoms with van der Waals surface area (Å²) in [4.78, 5) is 26.4. The van der Waals surface area contributed by atoms with E-state index >= 15 is 0 Å². The van der Waals surface area contributed by atoms with Crippen molar-refractivity contribution in [3.63, 3.8) is 0 Å². The van der Waals surface area contributed by atoms with Crippen LogP contribution in [0.2, 0.25) is 5.02 Å². The third kappa shape index (κ3) is 4.68. The maximum Gasteiger partial charge on any atom is 0.338 e. The van der Waals surface area contributed by atoms with Gasteiger partial charge in [-0.15, -0.1) is 0 Å². The number of benzene rings is 2. The zero-order valence-electron chi connectivity index (χ0n) is 15.1. The van der Waals surface area contributed by atoms with Crippen LogP contribution in [0, 0.1) is 0 Å². The van der Waals surface area contributed by atoms with Crippen LogP contribution in [0.1, 0.15) is 18.1 Å². The first-order chi connectivity index (χ1) is 12.9. The van der Waals surface area contributed by atoms with E-state index in [0.29, 0.717) is 28.5 Å². The Balaban J connectivity index is 1.62. The number of halogens is 1. The molecule has 3 rings (SSSR count). The second kappa shape index (κ2) is 8.27. The first-order valence-electron chi connectivity index (χ1n) is 8.57. The average Bonchev–Trinajstić information content (AvgIpc) is 2.67. The molecule has 1 atom stereocenters. The Hall–Kier alpha value is -2.79. The van der Waals surface area contributed by atoms with Crippen LogP contribution in [-0.4, -0.2) is 36.5 Å². The van der Waals surface area contributed by atoms with Gasteiger partial charge in [0.1, 0.15) is 12.4 Å². The Kier molecular flexibility index (Phi) is 5.81. The van der Waals surface area contributed by atoms with Gasteiger partial charge in [-0.2, -0.15) is 0 Å². The van der Waals surface area contributed by atoms with Crippen LogP contribution in [0.3, 0.4) is 0 Å². The highest BCUT2D eigenvalue weighted by Crippen LogP contribution is 2.29. The molecule has 0 saturated carbocycles. The predicted molar refractivity (Wildman–Crippen MR) is 103 cm³/mol. The number of nitrogens with zero attached hydrogens (tertiary/aromatic N) is 1. The number of hydrogen-bond donors (Lipinski definition) is 0. The highest BCUT2D eigenvalue weighted by molar-refractivity contribution is 6.30. The van der Waals surface area contributed by atoms with Crippen LogP contribution in [0.5, 0.6) is 5.75 Å². The van der Waals surface area contributed by atoms with Crippen LogP contribution in [0.4, 0.5) is 0 Å². The number of ether oxygens (including phenoxy) is 2. The number of fused-ring (bicyclic) bond motifs is 1. The summed E-state index contributed by atoms with van der Waals surface area (Å²) in [5.41, 5.74) is 2.06. The first kappa shape index (κ1) is 19.0. The summed E-state index contributed by atoms with van der Waals surface area (Å²) in [5.74, 6) is -0.190. The molecule has 0 saturated heterocycles. The summed E-state index contributed by atoms with van der Waals surface area (Å²) in [6.07, 6.45) is 0.783. The molecular formula is C21H20ClNO4. The van der Waals surface area contributed by atoms with E-state index in [1.165, 1.54) is 4.90 Å². The van der Waals surface area contributed by atoms with E-state index < -0.39 is 12.1 Å². The van der Waals surface area contributed by atoms with Gasteiger partial charge in [-0.1, -0.05) is 41.9 Å². The number of esters is 1. The van der Waals surface area contributed by atoms with Gasteiger partial charge in [0.2, 0.25) is 0 Å². The largest absolute Gasteiger partial charge is 0.488 e. The highest BCUT2D eigenvalue weighted by atomic mass is 35.5. The van der Waals surface area contributed by atoms with Gasteiger partial charge in [0.25, 0.3) is 5.91 Å². The van der Waals surface area contributed by atoms with Crippen LogP contribution >= 0.6 is 11.6 Å². The molecule has 0 bridgehead atoms. The Morgan fingerprint density at radius 3 is 2.70 bits per heavy atom.